The molecule has 0 bridgehead atoms. The number of aryl methyl sites for hydroxylation is 2. The van der Waals surface area contributed by atoms with Crippen LogP contribution in [-0.2, 0) is 11.2 Å². The molecule has 2 amide bonds. The molecule has 0 aliphatic rings. The number of hydrogen-bond acceptors (Lipinski definition) is 3. The largest absolute Gasteiger partial charge is 0.481 e. The van der Waals surface area contributed by atoms with Gasteiger partial charge in [0.25, 0.3) is 0 Å². The van der Waals surface area contributed by atoms with Crippen molar-refractivity contribution in [2.24, 2.45) is 0 Å². The molecule has 2 atom stereocenters. The number of amides is 2. The van der Waals surface area contributed by atoms with Crippen LogP contribution in [0.5, 0.6) is 0 Å². The Labute approximate surface area is 165 Å². The molecule has 2 rings (SSSR count). The van der Waals surface area contributed by atoms with E-state index < -0.39 is 18.1 Å². The summed E-state index contributed by atoms with van der Waals surface area (Å²) in [5, 5.41) is 24.8. The second kappa shape index (κ2) is 10.5. The molecule has 2 aromatic carbocycles. The zero-order chi connectivity index (χ0) is 20.5. The van der Waals surface area contributed by atoms with Gasteiger partial charge in [0.1, 0.15) is 0 Å². The molecule has 0 spiro atoms. The van der Waals surface area contributed by atoms with Crippen molar-refractivity contribution in [2.45, 2.75) is 45.3 Å². The van der Waals surface area contributed by atoms with Gasteiger partial charge in [0.15, 0.2) is 0 Å². The zero-order valence-electron chi connectivity index (χ0n) is 16.3. The maximum atomic E-state index is 12.3. The smallest absolute Gasteiger partial charge is 0.315 e. The molecule has 6 nitrogen and oxygen atoms in total. The molecule has 6 heteroatoms. The SMILES string of the molecule is Cc1cc(C)cc(C(O)CNC(=O)NC(CCC(=O)O)Cc2ccccc2)c1. The monoisotopic (exact) mass is 384 g/mol. The molecule has 0 aliphatic heterocycles. The van der Waals surface area contributed by atoms with Crippen LogP contribution in [0, 0.1) is 13.8 Å². The summed E-state index contributed by atoms with van der Waals surface area (Å²) in [5.41, 5.74) is 3.88. The van der Waals surface area contributed by atoms with E-state index >= 15 is 0 Å². The van der Waals surface area contributed by atoms with Crippen molar-refractivity contribution in [3.8, 4) is 0 Å². The normalized spacial score (nSPS) is 12.8. The van der Waals surface area contributed by atoms with Gasteiger partial charge in [-0.05, 0) is 37.8 Å². The highest BCUT2D eigenvalue weighted by Crippen LogP contribution is 2.16. The van der Waals surface area contributed by atoms with E-state index in [-0.39, 0.29) is 19.0 Å². The standard InChI is InChI=1S/C22H28N2O4/c1-15-10-16(2)12-18(11-15)20(25)14-23-22(28)24-19(8-9-21(26)27)13-17-6-4-3-5-7-17/h3-7,10-12,19-20,25H,8-9,13-14H2,1-2H3,(H,26,27)(H2,23,24,28). The molecular formula is C22H28N2O4. The summed E-state index contributed by atoms with van der Waals surface area (Å²) in [6.45, 7) is 3.99. The van der Waals surface area contributed by atoms with Gasteiger partial charge in [-0.2, -0.15) is 0 Å². The fourth-order valence-electron chi connectivity index (χ4n) is 3.17. The number of aliphatic hydroxyl groups is 1. The fourth-order valence-corrected chi connectivity index (χ4v) is 3.17. The van der Waals surface area contributed by atoms with Gasteiger partial charge in [0.2, 0.25) is 0 Å². The highest BCUT2D eigenvalue weighted by molar-refractivity contribution is 5.74. The van der Waals surface area contributed by atoms with Gasteiger partial charge in [-0.25, -0.2) is 4.79 Å². The number of aliphatic hydroxyl groups excluding tert-OH is 1. The van der Waals surface area contributed by atoms with Crippen molar-refractivity contribution in [1.29, 1.82) is 0 Å². The van der Waals surface area contributed by atoms with Crippen LogP contribution in [0.4, 0.5) is 4.79 Å². The maximum Gasteiger partial charge on any atom is 0.315 e. The van der Waals surface area contributed by atoms with E-state index in [4.69, 9.17) is 5.11 Å². The highest BCUT2D eigenvalue weighted by Gasteiger charge is 2.16. The van der Waals surface area contributed by atoms with Gasteiger partial charge in [0, 0.05) is 19.0 Å². The topological polar surface area (TPSA) is 98.7 Å². The maximum absolute atomic E-state index is 12.3. The lowest BCUT2D eigenvalue weighted by atomic mass is 10.0. The summed E-state index contributed by atoms with van der Waals surface area (Å²) in [5.74, 6) is -0.898. The van der Waals surface area contributed by atoms with Gasteiger partial charge < -0.3 is 20.8 Å². The van der Waals surface area contributed by atoms with E-state index in [0.29, 0.717) is 12.8 Å². The number of carboxylic acids is 1. The second-order valence-electron chi connectivity index (χ2n) is 7.11. The first kappa shape index (κ1) is 21.4. The van der Waals surface area contributed by atoms with Crippen LogP contribution in [0.3, 0.4) is 0 Å². The number of carboxylic acid groups (broad SMARTS) is 1. The minimum absolute atomic E-state index is 0.0248. The number of nitrogens with one attached hydrogen (secondary N) is 2. The molecule has 150 valence electrons. The minimum atomic E-state index is -0.898. The molecular weight excluding hydrogens is 356 g/mol. The minimum Gasteiger partial charge on any atom is -0.481 e. The van der Waals surface area contributed by atoms with E-state index in [1.54, 1.807) is 0 Å². The Balaban J connectivity index is 1.91. The third-order valence-corrected chi connectivity index (χ3v) is 4.45. The summed E-state index contributed by atoms with van der Waals surface area (Å²) in [6.07, 6.45) is 0.0393. The summed E-state index contributed by atoms with van der Waals surface area (Å²) in [7, 11) is 0. The molecule has 28 heavy (non-hydrogen) atoms. The fraction of sp³-hybridized carbons (Fsp3) is 0.364. The Hall–Kier alpha value is -2.86. The molecule has 0 saturated heterocycles. The van der Waals surface area contributed by atoms with Gasteiger partial charge in [-0.1, -0.05) is 59.7 Å². The van der Waals surface area contributed by atoms with Crippen molar-refractivity contribution in [2.75, 3.05) is 6.54 Å². The van der Waals surface area contributed by atoms with E-state index in [0.717, 1.165) is 22.3 Å². The first-order chi connectivity index (χ1) is 13.3. The Morgan fingerprint density at radius 1 is 1.04 bits per heavy atom. The number of hydrogen-bond donors (Lipinski definition) is 4. The molecule has 0 radical (unpaired) electrons. The summed E-state index contributed by atoms with van der Waals surface area (Å²) < 4.78 is 0. The molecule has 0 aromatic heterocycles. The molecule has 0 aliphatic carbocycles. The van der Waals surface area contributed by atoms with Crippen LogP contribution in [-0.4, -0.2) is 34.8 Å². The van der Waals surface area contributed by atoms with Gasteiger partial charge >= 0.3 is 12.0 Å². The van der Waals surface area contributed by atoms with Gasteiger partial charge in [-0.3, -0.25) is 4.79 Å². The van der Waals surface area contributed by atoms with Crippen molar-refractivity contribution >= 4 is 12.0 Å². The van der Waals surface area contributed by atoms with E-state index in [9.17, 15) is 14.7 Å². The lowest BCUT2D eigenvalue weighted by molar-refractivity contribution is -0.137. The van der Waals surface area contributed by atoms with Crippen LogP contribution in [0.15, 0.2) is 48.5 Å². The second-order valence-corrected chi connectivity index (χ2v) is 7.11. The predicted octanol–water partition coefficient (Wildman–Crippen LogP) is 3.11. The van der Waals surface area contributed by atoms with Crippen molar-refractivity contribution in [3.63, 3.8) is 0 Å². The summed E-state index contributed by atoms with van der Waals surface area (Å²) in [4.78, 5) is 23.2. The summed E-state index contributed by atoms with van der Waals surface area (Å²) in [6, 6.07) is 14.7. The van der Waals surface area contributed by atoms with Crippen LogP contribution >= 0.6 is 0 Å². The molecule has 0 saturated carbocycles. The molecule has 0 heterocycles. The van der Waals surface area contributed by atoms with Crippen molar-refractivity contribution < 1.29 is 19.8 Å². The first-order valence-corrected chi connectivity index (χ1v) is 9.40. The van der Waals surface area contributed by atoms with E-state index in [1.165, 1.54) is 0 Å². The lowest BCUT2D eigenvalue weighted by Gasteiger charge is -2.20. The number of urea groups is 1. The summed E-state index contributed by atoms with van der Waals surface area (Å²) >= 11 is 0. The van der Waals surface area contributed by atoms with Crippen molar-refractivity contribution in [3.05, 3.63) is 70.8 Å². The number of carbonyl (C=O) groups excluding carboxylic acids is 1. The Bertz CT molecular complexity index is 772. The first-order valence-electron chi connectivity index (χ1n) is 9.40. The average molecular weight is 384 g/mol. The molecule has 4 N–H and O–H groups in total. The Morgan fingerprint density at radius 3 is 2.29 bits per heavy atom. The average Bonchev–Trinajstić information content (AvgIpc) is 2.64. The highest BCUT2D eigenvalue weighted by atomic mass is 16.4. The van der Waals surface area contributed by atoms with E-state index in [2.05, 4.69) is 10.6 Å². The third-order valence-electron chi connectivity index (χ3n) is 4.45. The third kappa shape index (κ3) is 7.40. The molecule has 2 unspecified atom stereocenters. The Kier molecular flexibility index (Phi) is 8.02. The van der Waals surface area contributed by atoms with Gasteiger partial charge in [-0.15, -0.1) is 0 Å². The lowest BCUT2D eigenvalue weighted by Crippen LogP contribution is -2.44. The zero-order valence-corrected chi connectivity index (χ0v) is 16.3. The van der Waals surface area contributed by atoms with E-state index in [1.807, 2.05) is 62.4 Å². The van der Waals surface area contributed by atoms with Gasteiger partial charge in [0.05, 0.1) is 6.10 Å². The molecule has 0 fully saturated rings. The number of carbonyl (C=O) groups is 2. The van der Waals surface area contributed by atoms with Crippen LogP contribution in [0.25, 0.3) is 0 Å². The Morgan fingerprint density at radius 2 is 1.68 bits per heavy atom. The quantitative estimate of drug-likeness (QED) is 0.534. The van der Waals surface area contributed by atoms with Crippen molar-refractivity contribution in [1.82, 2.24) is 10.6 Å². The number of aliphatic carboxylic acids is 1. The number of benzene rings is 2. The predicted molar refractivity (Wildman–Crippen MR) is 108 cm³/mol. The van der Waals surface area contributed by atoms with Crippen LogP contribution in [0.2, 0.25) is 0 Å². The van der Waals surface area contributed by atoms with Crippen LogP contribution in [0.1, 0.15) is 41.2 Å². The van der Waals surface area contributed by atoms with Crippen LogP contribution < -0.4 is 10.6 Å². The molecule has 2 aromatic rings. The number of rotatable bonds is 9.